The number of ether oxygens (including phenoxy) is 1. The van der Waals surface area contributed by atoms with E-state index in [0.717, 1.165) is 5.56 Å². The fourth-order valence-electron chi connectivity index (χ4n) is 2.14. The van der Waals surface area contributed by atoms with Crippen LogP contribution in [0.3, 0.4) is 0 Å². The Labute approximate surface area is 145 Å². The summed E-state index contributed by atoms with van der Waals surface area (Å²) >= 11 is 0. The first-order chi connectivity index (χ1) is 12.1. The van der Waals surface area contributed by atoms with Gasteiger partial charge in [0.2, 0.25) is 21.8 Å². The van der Waals surface area contributed by atoms with Crippen LogP contribution in [0.15, 0.2) is 63.9 Å². The van der Waals surface area contributed by atoms with Crippen LogP contribution in [0, 0.1) is 0 Å². The van der Waals surface area contributed by atoms with Crippen molar-refractivity contribution in [3.8, 4) is 17.2 Å². The number of aromatic nitrogens is 2. The highest BCUT2D eigenvalue weighted by Gasteiger charge is 2.16. The van der Waals surface area contributed by atoms with Crippen molar-refractivity contribution in [1.82, 2.24) is 14.9 Å². The quantitative estimate of drug-likeness (QED) is 0.697. The highest BCUT2D eigenvalue weighted by molar-refractivity contribution is 7.89. The van der Waals surface area contributed by atoms with Gasteiger partial charge in [-0.3, -0.25) is 0 Å². The zero-order valence-corrected chi connectivity index (χ0v) is 14.4. The predicted octanol–water partition coefficient (Wildman–Crippen LogP) is 2.61. The molecule has 3 rings (SSSR count). The fraction of sp³-hybridized carbons (Fsp3) is 0.176. The molecule has 0 unspecified atom stereocenters. The van der Waals surface area contributed by atoms with Crippen molar-refractivity contribution >= 4 is 10.0 Å². The molecule has 0 aliphatic carbocycles. The van der Waals surface area contributed by atoms with Gasteiger partial charge in [-0.1, -0.05) is 18.2 Å². The van der Waals surface area contributed by atoms with Crippen LogP contribution < -0.4 is 9.46 Å². The van der Waals surface area contributed by atoms with Gasteiger partial charge in [-0.05, 0) is 43.3 Å². The molecule has 0 saturated heterocycles. The van der Waals surface area contributed by atoms with Crippen LogP contribution in [0.2, 0.25) is 0 Å². The first kappa shape index (κ1) is 17.1. The second kappa shape index (κ2) is 7.45. The molecule has 0 amide bonds. The van der Waals surface area contributed by atoms with Crippen molar-refractivity contribution in [1.29, 1.82) is 0 Å². The summed E-state index contributed by atoms with van der Waals surface area (Å²) in [6.07, 6.45) is 0. The molecule has 3 aromatic rings. The Morgan fingerprint density at radius 1 is 1.04 bits per heavy atom. The number of sulfonamides is 1. The third-order valence-corrected chi connectivity index (χ3v) is 4.76. The predicted molar refractivity (Wildman–Crippen MR) is 91.4 cm³/mol. The van der Waals surface area contributed by atoms with Gasteiger partial charge >= 0.3 is 0 Å². The topological polar surface area (TPSA) is 94.3 Å². The zero-order chi connectivity index (χ0) is 17.7. The van der Waals surface area contributed by atoms with Gasteiger partial charge in [0.1, 0.15) is 5.75 Å². The summed E-state index contributed by atoms with van der Waals surface area (Å²) < 4.78 is 37.8. The summed E-state index contributed by atoms with van der Waals surface area (Å²) in [4.78, 5) is 0.138. The number of hydrogen-bond acceptors (Lipinski definition) is 6. The molecular formula is C17H17N3O4S. The van der Waals surface area contributed by atoms with Gasteiger partial charge < -0.3 is 9.15 Å². The van der Waals surface area contributed by atoms with Crippen molar-refractivity contribution < 1.29 is 17.6 Å². The van der Waals surface area contributed by atoms with Crippen molar-refractivity contribution in [2.75, 3.05) is 6.61 Å². The summed E-state index contributed by atoms with van der Waals surface area (Å²) in [5.41, 5.74) is 0.774. The van der Waals surface area contributed by atoms with E-state index in [0.29, 0.717) is 18.2 Å². The smallest absolute Gasteiger partial charge is 0.247 e. The largest absolute Gasteiger partial charge is 0.494 e. The monoisotopic (exact) mass is 359 g/mol. The van der Waals surface area contributed by atoms with Gasteiger partial charge in [-0.15, -0.1) is 10.2 Å². The summed E-state index contributed by atoms with van der Waals surface area (Å²) in [5.74, 6) is 1.15. The second-order valence-electron chi connectivity index (χ2n) is 5.10. The van der Waals surface area contributed by atoms with Crippen LogP contribution in [0.1, 0.15) is 12.8 Å². The summed E-state index contributed by atoms with van der Waals surface area (Å²) in [6.45, 7) is 2.29. The molecule has 25 heavy (non-hydrogen) atoms. The Balaban J connectivity index is 1.67. The van der Waals surface area contributed by atoms with Crippen LogP contribution >= 0.6 is 0 Å². The van der Waals surface area contributed by atoms with Gasteiger partial charge in [0, 0.05) is 5.56 Å². The molecule has 8 heteroatoms. The minimum Gasteiger partial charge on any atom is -0.494 e. The van der Waals surface area contributed by atoms with Gasteiger partial charge in [-0.25, -0.2) is 13.1 Å². The van der Waals surface area contributed by atoms with E-state index in [2.05, 4.69) is 14.9 Å². The summed E-state index contributed by atoms with van der Waals surface area (Å²) in [6, 6.07) is 15.4. The highest BCUT2D eigenvalue weighted by atomic mass is 32.2. The minimum absolute atomic E-state index is 0.0879. The Hall–Kier alpha value is -2.71. The minimum atomic E-state index is -3.68. The summed E-state index contributed by atoms with van der Waals surface area (Å²) in [7, 11) is -3.68. The molecule has 1 N–H and O–H groups in total. The molecule has 7 nitrogen and oxygen atoms in total. The van der Waals surface area contributed by atoms with E-state index in [-0.39, 0.29) is 17.3 Å². The maximum absolute atomic E-state index is 12.3. The van der Waals surface area contributed by atoms with Crippen LogP contribution in [0.4, 0.5) is 0 Å². The van der Waals surface area contributed by atoms with Gasteiger partial charge in [0.05, 0.1) is 18.0 Å². The van der Waals surface area contributed by atoms with E-state index < -0.39 is 10.0 Å². The van der Waals surface area contributed by atoms with Gasteiger partial charge in [0.25, 0.3) is 0 Å². The maximum atomic E-state index is 12.3. The molecule has 0 bridgehead atoms. The number of hydrogen-bond donors (Lipinski definition) is 1. The van der Waals surface area contributed by atoms with Gasteiger partial charge in [0.15, 0.2) is 0 Å². The molecule has 0 radical (unpaired) electrons. The average molecular weight is 359 g/mol. The first-order valence-corrected chi connectivity index (χ1v) is 9.17. The molecule has 0 fully saturated rings. The van der Waals surface area contributed by atoms with E-state index >= 15 is 0 Å². The van der Waals surface area contributed by atoms with Crippen LogP contribution in [0.5, 0.6) is 5.75 Å². The number of rotatable bonds is 7. The Morgan fingerprint density at radius 3 is 2.44 bits per heavy atom. The van der Waals surface area contributed by atoms with E-state index in [9.17, 15) is 8.42 Å². The van der Waals surface area contributed by atoms with Gasteiger partial charge in [-0.2, -0.15) is 0 Å². The summed E-state index contributed by atoms with van der Waals surface area (Å²) in [5, 5.41) is 7.79. The molecule has 0 atom stereocenters. The Bertz CT molecular complexity index is 922. The lowest BCUT2D eigenvalue weighted by Crippen LogP contribution is -2.23. The van der Waals surface area contributed by atoms with Crippen molar-refractivity contribution in [3.05, 3.63) is 60.5 Å². The highest BCUT2D eigenvalue weighted by Crippen LogP contribution is 2.18. The normalized spacial score (nSPS) is 11.4. The Kier molecular flexibility index (Phi) is 5.11. The Morgan fingerprint density at radius 2 is 1.76 bits per heavy atom. The van der Waals surface area contributed by atoms with E-state index in [1.54, 1.807) is 12.1 Å². The fourth-order valence-corrected chi connectivity index (χ4v) is 3.12. The SMILES string of the molecule is CCOc1ccc(S(=O)(=O)NCc2nnc(-c3ccccc3)o2)cc1. The average Bonchev–Trinajstić information content (AvgIpc) is 3.11. The van der Waals surface area contributed by atoms with Crippen LogP contribution in [0.25, 0.3) is 11.5 Å². The van der Waals surface area contributed by atoms with Crippen molar-refractivity contribution in [2.24, 2.45) is 0 Å². The van der Waals surface area contributed by atoms with E-state index in [1.807, 2.05) is 37.3 Å². The second-order valence-corrected chi connectivity index (χ2v) is 6.86. The maximum Gasteiger partial charge on any atom is 0.247 e. The van der Waals surface area contributed by atoms with Crippen molar-refractivity contribution in [3.63, 3.8) is 0 Å². The lowest BCUT2D eigenvalue weighted by atomic mass is 10.2. The molecule has 1 aromatic heterocycles. The molecular weight excluding hydrogens is 342 g/mol. The molecule has 0 aliphatic rings. The molecule has 2 aromatic carbocycles. The van der Waals surface area contributed by atoms with Crippen LogP contribution in [-0.2, 0) is 16.6 Å². The first-order valence-electron chi connectivity index (χ1n) is 7.69. The third kappa shape index (κ3) is 4.23. The van der Waals surface area contributed by atoms with Crippen LogP contribution in [-0.4, -0.2) is 25.2 Å². The lowest BCUT2D eigenvalue weighted by molar-refractivity contribution is 0.340. The van der Waals surface area contributed by atoms with E-state index in [1.165, 1.54) is 12.1 Å². The standard InChI is InChI=1S/C17H17N3O4S/c1-2-23-14-8-10-15(11-9-14)25(21,22)18-12-16-19-20-17(24-16)13-6-4-3-5-7-13/h3-11,18H,2,12H2,1H3. The molecule has 1 heterocycles. The third-order valence-electron chi connectivity index (χ3n) is 3.35. The zero-order valence-electron chi connectivity index (χ0n) is 13.5. The lowest BCUT2D eigenvalue weighted by Gasteiger charge is -2.06. The number of nitrogens with zero attached hydrogens (tertiary/aromatic N) is 2. The van der Waals surface area contributed by atoms with E-state index in [4.69, 9.17) is 9.15 Å². The molecule has 0 spiro atoms. The number of benzene rings is 2. The van der Waals surface area contributed by atoms with Crippen molar-refractivity contribution in [2.45, 2.75) is 18.4 Å². The molecule has 130 valence electrons. The molecule has 0 aliphatic heterocycles. The molecule has 0 saturated carbocycles. The number of nitrogens with one attached hydrogen (secondary N) is 1.